The van der Waals surface area contributed by atoms with E-state index in [1.54, 1.807) is 34.6 Å². The fraction of sp³-hybridized carbons (Fsp3) is 0.870. The van der Waals surface area contributed by atoms with Crippen LogP contribution in [0.1, 0.15) is 91.9 Å². The van der Waals surface area contributed by atoms with Crippen molar-refractivity contribution in [3.63, 3.8) is 0 Å². The zero-order valence-corrected chi connectivity index (χ0v) is 22.6. The predicted octanol–water partition coefficient (Wildman–Crippen LogP) is 5.47. The minimum Gasteiger partial charge on any atom is -0.464 e. The van der Waals surface area contributed by atoms with Gasteiger partial charge >= 0.3 is 18.0 Å². The van der Waals surface area contributed by atoms with Gasteiger partial charge in [0.2, 0.25) is 0 Å². The van der Waals surface area contributed by atoms with Crippen molar-refractivity contribution in [1.29, 1.82) is 0 Å². The van der Waals surface area contributed by atoms with Gasteiger partial charge in [0.1, 0.15) is 17.7 Å². The van der Waals surface area contributed by atoms with E-state index < -0.39 is 29.7 Å². The Morgan fingerprint density at radius 1 is 0.812 bits per heavy atom. The number of halogens is 1. The number of hydrogen-bond donors (Lipinski definition) is 2. The topological polar surface area (TPSA) is 103 Å². The zero-order valence-electron chi connectivity index (χ0n) is 21.8. The standard InChI is InChI=1S/C14H27NO4.C9H18ClNO2.2H2/c1-8-14(6,7)9-18-11(16)10(2)15-12(17)19-13(3,4)5;1-5-9(3,4)6-13-8(12)7(2)11-10;;/h10H,8-9H2,1-7H3,(H,15,17);7,11H,5-6H2,1-4H3;2*1H/t10-;7-;;/m00../s1. The molecule has 0 aliphatic heterocycles. The van der Waals surface area contributed by atoms with Crippen molar-refractivity contribution in [3.8, 4) is 0 Å². The number of carbonyl (C=O) groups is 3. The molecular formula is C23H49ClN2O6. The third-order valence-electron chi connectivity index (χ3n) is 4.73. The fourth-order valence-corrected chi connectivity index (χ4v) is 1.66. The molecule has 0 unspecified atom stereocenters. The average Bonchev–Trinajstić information content (AvgIpc) is 2.68. The summed E-state index contributed by atoms with van der Waals surface area (Å²) in [5, 5.41) is 2.45. The van der Waals surface area contributed by atoms with E-state index in [-0.39, 0.29) is 19.7 Å². The van der Waals surface area contributed by atoms with E-state index in [2.05, 4.69) is 30.9 Å². The molecule has 1 amide bonds. The molecule has 0 heterocycles. The first kappa shape index (κ1) is 32.6. The summed E-state index contributed by atoms with van der Waals surface area (Å²) in [6, 6.07) is -1.17. The molecule has 0 aliphatic carbocycles. The van der Waals surface area contributed by atoms with Crippen LogP contribution in [0.15, 0.2) is 0 Å². The first-order valence-electron chi connectivity index (χ1n) is 11.1. The van der Waals surface area contributed by atoms with Crippen molar-refractivity contribution < 1.29 is 31.4 Å². The van der Waals surface area contributed by atoms with Crippen LogP contribution in [-0.2, 0) is 23.8 Å². The molecule has 0 rings (SSSR count). The van der Waals surface area contributed by atoms with E-state index in [9.17, 15) is 14.4 Å². The monoisotopic (exact) mass is 484 g/mol. The Kier molecular flexibility index (Phi) is 14.9. The van der Waals surface area contributed by atoms with Crippen LogP contribution < -0.4 is 10.2 Å². The second-order valence-corrected chi connectivity index (χ2v) is 10.7. The number of ether oxygens (including phenoxy) is 3. The molecule has 2 N–H and O–H groups in total. The van der Waals surface area contributed by atoms with E-state index in [4.69, 9.17) is 26.0 Å². The number of rotatable bonds is 10. The SMILES string of the molecule is CCC(C)(C)COC(=O)[C@H](C)NC(=O)OC(C)(C)C.CCC(C)(C)COC(=O)[C@H](C)NCl.[HH].[HH]. The zero-order chi connectivity index (χ0) is 25.8. The summed E-state index contributed by atoms with van der Waals surface area (Å²) in [5.41, 5.74) is -0.596. The van der Waals surface area contributed by atoms with Crippen molar-refractivity contribution in [2.75, 3.05) is 13.2 Å². The van der Waals surface area contributed by atoms with Crippen molar-refractivity contribution in [2.24, 2.45) is 10.8 Å². The van der Waals surface area contributed by atoms with Gasteiger partial charge in [-0.3, -0.25) is 4.79 Å². The Balaban J connectivity index is -0.000000266. The molecule has 0 saturated heterocycles. The van der Waals surface area contributed by atoms with Crippen LogP contribution in [0.2, 0.25) is 0 Å². The molecule has 0 aliphatic rings. The molecule has 8 nitrogen and oxygen atoms in total. The quantitative estimate of drug-likeness (QED) is 0.241. The van der Waals surface area contributed by atoms with Gasteiger partial charge < -0.3 is 19.5 Å². The molecule has 0 fully saturated rings. The Hall–Kier alpha value is -1.54. The highest BCUT2D eigenvalue weighted by Crippen LogP contribution is 2.20. The molecule has 0 saturated carbocycles. The number of amides is 1. The van der Waals surface area contributed by atoms with Gasteiger partial charge in [-0.1, -0.05) is 41.5 Å². The maximum absolute atomic E-state index is 11.7. The van der Waals surface area contributed by atoms with Crippen LogP contribution in [0.4, 0.5) is 4.79 Å². The van der Waals surface area contributed by atoms with E-state index in [1.807, 2.05) is 20.8 Å². The van der Waals surface area contributed by atoms with Crippen molar-refractivity contribution in [2.45, 2.75) is 107 Å². The lowest BCUT2D eigenvalue weighted by atomic mass is 9.92. The van der Waals surface area contributed by atoms with Crippen molar-refractivity contribution in [3.05, 3.63) is 0 Å². The van der Waals surface area contributed by atoms with Crippen LogP contribution in [0.25, 0.3) is 0 Å². The van der Waals surface area contributed by atoms with E-state index in [0.717, 1.165) is 12.8 Å². The van der Waals surface area contributed by atoms with Gasteiger partial charge in [0.05, 0.1) is 13.2 Å². The highest BCUT2D eigenvalue weighted by molar-refractivity contribution is 6.14. The molecule has 0 aromatic heterocycles. The summed E-state index contributed by atoms with van der Waals surface area (Å²) in [7, 11) is 0. The molecule has 0 aromatic carbocycles. The lowest BCUT2D eigenvalue weighted by molar-refractivity contribution is -0.149. The van der Waals surface area contributed by atoms with E-state index in [0.29, 0.717) is 13.2 Å². The summed E-state index contributed by atoms with van der Waals surface area (Å²) in [5.74, 6) is -0.760. The molecule has 2 atom stereocenters. The minimum absolute atomic E-state index is 0. The maximum Gasteiger partial charge on any atom is 0.408 e. The van der Waals surface area contributed by atoms with E-state index in [1.165, 1.54) is 0 Å². The second-order valence-electron chi connectivity index (χ2n) is 10.4. The molecule has 0 spiro atoms. The summed E-state index contributed by atoms with van der Waals surface area (Å²) >= 11 is 5.28. The highest BCUT2D eigenvalue weighted by Gasteiger charge is 2.24. The number of hydrogen-bond acceptors (Lipinski definition) is 7. The molecule has 0 aromatic rings. The van der Waals surface area contributed by atoms with Gasteiger partial charge in [-0.15, -0.1) is 0 Å². The smallest absolute Gasteiger partial charge is 0.408 e. The van der Waals surface area contributed by atoms with Crippen LogP contribution in [0.5, 0.6) is 0 Å². The van der Waals surface area contributed by atoms with Gasteiger partial charge in [0.15, 0.2) is 0 Å². The number of esters is 2. The summed E-state index contributed by atoms with van der Waals surface area (Å²) in [6.45, 7) is 21.6. The summed E-state index contributed by atoms with van der Waals surface area (Å²) in [6.07, 6.45) is 1.27. The number of alkyl carbamates (subject to hydrolysis) is 1. The molecule has 0 bridgehead atoms. The second kappa shape index (κ2) is 14.6. The largest absolute Gasteiger partial charge is 0.464 e. The number of nitrogens with one attached hydrogen (secondary N) is 2. The summed E-state index contributed by atoms with van der Waals surface area (Å²) in [4.78, 5) is 36.7. The summed E-state index contributed by atoms with van der Waals surface area (Å²) < 4.78 is 15.3. The van der Waals surface area contributed by atoms with Gasteiger partial charge in [0, 0.05) is 2.85 Å². The molecule has 194 valence electrons. The van der Waals surface area contributed by atoms with Gasteiger partial charge in [0.25, 0.3) is 0 Å². The third kappa shape index (κ3) is 17.1. The van der Waals surface area contributed by atoms with Crippen LogP contribution in [-0.4, -0.2) is 48.9 Å². The van der Waals surface area contributed by atoms with Crippen molar-refractivity contribution in [1.82, 2.24) is 10.2 Å². The molecule has 9 heteroatoms. The number of carbonyl (C=O) groups excluding carboxylic acids is 3. The van der Waals surface area contributed by atoms with Gasteiger partial charge in [-0.25, -0.2) is 14.4 Å². The normalized spacial score (nSPS) is 13.8. The Morgan fingerprint density at radius 2 is 1.19 bits per heavy atom. The molecular weight excluding hydrogens is 436 g/mol. The highest BCUT2D eigenvalue weighted by atomic mass is 35.5. The maximum atomic E-state index is 11.7. The van der Waals surface area contributed by atoms with Gasteiger partial charge in [-0.05, 0) is 70.1 Å². The minimum atomic E-state index is -0.720. The Morgan fingerprint density at radius 3 is 1.50 bits per heavy atom. The average molecular weight is 485 g/mol. The lowest BCUT2D eigenvalue weighted by Gasteiger charge is -2.24. The lowest BCUT2D eigenvalue weighted by Crippen LogP contribution is -2.43. The van der Waals surface area contributed by atoms with E-state index >= 15 is 0 Å². The van der Waals surface area contributed by atoms with Crippen molar-refractivity contribution >= 4 is 29.8 Å². The van der Waals surface area contributed by atoms with Crippen LogP contribution >= 0.6 is 11.8 Å². The van der Waals surface area contributed by atoms with Gasteiger partial charge in [-0.2, -0.15) is 0 Å². The van der Waals surface area contributed by atoms with Crippen LogP contribution in [0, 0.1) is 10.8 Å². The fourth-order valence-electron chi connectivity index (χ4n) is 1.57. The first-order valence-corrected chi connectivity index (χ1v) is 11.5. The molecule has 32 heavy (non-hydrogen) atoms. The predicted molar refractivity (Wildman–Crippen MR) is 132 cm³/mol. The molecule has 0 radical (unpaired) electrons. The van der Waals surface area contributed by atoms with Crippen LogP contribution in [0.3, 0.4) is 0 Å². The Labute approximate surface area is 202 Å². The first-order chi connectivity index (χ1) is 14.4. The third-order valence-corrected chi connectivity index (χ3v) is 5.06. The Bertz CT molecular complexity index is 598.